The maximum absolute atomic E-state index is 10.2. The Morgan fingerprint density at radius 1 is 0.512 bits per heavy atom. The largest absolute Gasteiger partial charge is 0.393 e. The molecule has 0 radical (unpaired) electrons. The van der Waals surface area contributed by atoms with Crippen LogP contribution in [-0.2, 0) is 0 Å². The van der Waals surface area contributed by atoms with E-state index in [-0.39, 0.29) is 18.3 Å². The van der Waals surface area contributed by atoms with Gasteiger partial charge in [0.15, 0.2) is 0 Å². The number of hydrogen-bond donors (Lipinski definition) is 3. The summed E-state index contributed by atoms with van der Waals surface area (Å²) in [6.07, 6.45) is 55.6. The average Bonchev–Trinajstić information content (AvgIpc) is 1.50. The van der Waals surface area contributed by atoms with Gasteiger partial charge in [0.05, 0.1) is 18.3 Å². The molecule has 0 aliphatic heterocycles. The molecule has 3 nitrogen and oxygen atoms in total. The Labute approximate surface area is 519 Å². The van der Waals surface area contributed by atoms with E-state index >= 15 is 0 Å². The Morgan fingerprint density at radius 2 is 1.05 bits per heavy atom. The normalized spacial score (nSPS) is 38.7. The molecule has 7 fully saturated rings. The monoisotopic (exact) mass is 1150 g/mol. The van der Waals surface area contributed by atoms with Crippen LogP contribution in [0.3, 0.4) is 0 Å². The Hall–Kier alpha value is -2.20. The highest BCUT2D eigenvalue weighted by Crippen LogP contribution is 2.67. The molecule has 0 bridgehead atoms. The molecule has 0 spiro atoms. The molecule has 10 aliphatic carbocycles. The van der Waals surface area contributed by atoms with E-state index in [1.54, 1.807) is 22.3 Å². The molecule has 0 unspecified atom stereocenters. The number of rotatable bonds is 18. The van der Waals surface area contributed by atoms with E-state index < -0.39 is 0 Å². The van der Waals surface area contributed by atoms with Gasteiger partial charge in [0.1, 0.15) is 0 Å². The topological polar surface area (TPSA) is 60.7 Å². The maximum atomic E-state index is 10.2. The molecule has 3 N–H and O–H groups in total. The fraction of sp³-hybridized carbons (Fsp3) is 0.802. The Kier molecular flexibility index (Phi) is 23.9. The summed E-state index contributed by atoms with van der Waals surface area (Å²) in [6.45, 7) is 38.6. The van der Waals surface area contributed by atoms with Gasteiger partial charge in [0.2, 0.25) is 0 Å². The zero-order valence-corrected chi connectivity index (χ0v) is 57.2. The van der Waals surface area contributed by atoms with E-state index in [0.29, 0.717) is 21.7 Å². The molecule has 0 saturated heterocycles. The average molecular weight is 1150 g/mol. The summed E-state index contributed by atoms with van der Waals surface area (Å²) in [7, 11) is 0. The molecule has 84 heavy (non-hydrogen) atoms. The van der Waals surface area contributed by atoms with E-state index in [2.05, 4.69) is 146 Å². The number of hydrogen-bond acceptors (Lipinski definition) is 3. The first-order chi connectivity index (χ1) is 39.9. The van der Waals surface area contributed by atoms with Gasteiger partial charge in [-0.15, -0.1) is 0 Å². The van der Waals surface area contributed by atoms with Gasteiger partial charge in [-0.2, -0.15) is 0 Å². The molecule has 0 amide bonds. The van der Waals surface area contributed by atoms with E-state index in [0.717, 1.165) is 128 Å². The molecule has 17 atom stereocenters. The van der Waals surface area contributed by atoms with Crippen LogP contribution in [-0.4, -0.2) is 33.6 Å². The van der Waals surface area contributed by atoms with Crippen molar-refractivity contribution in [2.24, 2.45) is 98.6 Å². The lowest BCUT2D eigenvalue weighted by atomic mass is 9.50. The van der Waals surface area contributed by atoms with Crippen LogP contribution >= 0.6 is 0 Å². The second-order valence-corrected chi connectivity index (χ2v) is 33.5. The van der Waals surface area contributed by atoms with Gasteiger partial charge in [-0.1, -0.05) is 225 Å². The highest BCUT2D eigenvalue weighted by Gasteiger charge is 2.57. The van der Waals surface area contributed by atoms with Gasteiger partial charge >= 0.3 is 0 Å². The number of aliphatic hydroxyl groups excluding tert-OH is 3. The third-order valence-electron chi connectivity index (χ3n) is 26.4. The van der Waals surface area contributed by atoms with Crippen molar-refractivity contribution in [2.45, 2.75) is 314 Å². The molecule has 10 rings (SSSR count). The molecule has 10 aliphatic rings. The van der Waals surface area contributed by atoms with Crippen LogP contribution in [0.2, 0.25) is 0 Å². The van der Waals surface area contributed by atoms with Crippen molar-refractivity contribution in [1.29, 1.82) is 0 Å². The van der Waals surface area contributed by atoms with Gasteiger partial charge in [0, 0.05) is 0 Å². The lowest BCUT2D eigenvalue weighted by Gasteiger charge is -2.55. The summed E-state index contributed by atoms with van der Waals surface area (Å²) in [4.78, 5) is 0. The van der Waals surface area contributed by atoms with Crippen molar-refractivity contribution in [2.75, 3.05) is 0 Å². The molecule has 0 aromatic heterocycles. The summed E-state index contributed by atoms with van der Waals surface area (Å²) in [5.41, 5.74) is 13.8. The number of fused-ring (bicyclic) bond motifs is 7. The summed E-state index contributed by atoms with van der Waals surface area (Å²) in [5, 5.41) is 30.3. The first kappa shape index (κ1) is 67.7. The van der Waals surface area contributed by atoms with Crippen LogP contribution < -0.4 is 0 Å². The van der Waals surface area contributed by atoms with Crippen LogP contribution in [0.25, 0.3) is 0 Å². The molecule has 0 aromatic carbocycles. The van der Waals surface area contributed by atoms with Crippen molar-refractivity contribution in [1.82, 2.24) is 0 Å². The third-order valence-corrected chi connectivity index (χ3v) is 26.4. The second-order valence-electron chi connectivity index (χ2n) is 33.5. The van der Waals surface area contributed by atoms with Crippen LogP contribution in [0.15, 0.2) is 93.7 Å². The molecule has 7 saturated carbocycles. The Bertz CT molecular complexity index is 2400. The third kappa shape index (κ3) is 15.7. The van der Waals surface area contributed by atoms with Gasteiger partial charge in [-0.05, 0) is 263 Å². The van der Waals surface area contributed by atoms with Gasteiger partial charge in [0.25, 0.3) is 0 Å². The second kappa shape index (κ2) is 29.6. The fourth-order valence-electron chi connectivity index (χ4n) is 21.2. The van der Waals surface area contributed by atoms with Crippen LogP contribution in [0.1, 0.15) is 296 Å². The SMILES string of the molecule is C=C1CC[C@H](O)C/C1=C/C=C1\CCC[C@]2(C)[C@@H]([C@H](C)CCCC(C)C)CC[C@@H]12.CC(C)CCC[C@@H](C)[C@H]1CC[C@H]2C3=CC=C4C[C@@H](O)CC[C@]4(C)[C@H]3CC[C@]12C.CC1=C(/C=C\C2=CCC[C@]3(C)[C@@H]([C@H](C)CCCC(C)C)CC[C@@H]23)C[C@H](O)CC1. The zero-order valence-electron chi connectivity index (χ0n) is 57.2. The van der Waals surface area contributed by atoms with E-state index in [4.69, 9.17) is 0 Å². The van der Waals surface area contributed by atoms with Crippen molar-refractivity contribution < 1.29 is 15.3 Å². The Morgan fingerprint density at radius 3 is 1.65 bits per heavy atom. The molecule has 0 heterocycles. The highest BCUT2D eigenvalue weighted by molar-refractivity contribution is 5.40. The summed E-state index contributed by atoms with van der Waals surface area (Å²) in [6, 6.07) is 0. The molecular formula is C81H132O3. The quantitative estimate of drug-likeness (QED) is 0.128. The molecule has 474 valence electrons. The standard InChI is InChI=1S/3C27H44O/c1-18(2)7-6-8-19(3)23-11-12-24-22-10-9-20-17-21(28)13-15-26(20,4)25(22)14-16-27(23,24)5;2*1-19(2)8-6-9-21(4)25-15-16-26-22(10-7-17-27(25,26)5)12-13-23-18-24(28)14-11-20(23)3/h9-10,18-19,21,23-25,28H,6-8,11-17H2,1-5H3;10,12-13,19,21,24-26,28H,6-9,11,14-18H2,1-5H3;12-13,19,21,24-26,28H,3,6-11,14-18H2,1-2,4-5H3/b;13-12-;22-12+,23-13-/t19-,21+,23-,24+,25+,26+,27-;21-,24-,25-,26+,27-;21-,24+,25-,26+,27-/m111/s1. The number of allylic oxidation sites excluding steroid dienone is 12. The van der Waals surface area contributed by atoms with Crippen molar-refractivity contribution in [3.05, 3.63) is 93.7 Å². The first-order valence-electron chi connectivity index (χ1n) is 36.5. The summed E-state index contributed by atoms with van der Waals surface area (Å²) < 4.78 is 0. The van der Waals surface area contributed by atoms with Gasteiger partial charge in [-0.25, -0.2) is 0 Å². The predicted octanol–water partition coefficient (Wildman–Crippen LogP) is 22.5. The van der Waals surface area contributed by atoms with E-state index in [9.17, 15) is 15.3 Å². The molecular weight excluding hydrogens is 1020 g/mol. The smallest absolute Gasteiger partial charge is 0.0583 e. The first-order valence-corrected chi connectivity index (χ1v) is 36.5. The molecule has 0 aromatic rings. The maximum Gasteiger partial charge on any atom is 0.0583 e. The van der Waals surface area contributed by atoms with Crippen LogP contribution in [0.5, 0.6) is 0 Å². The van der Waals surface area contributed by atoms with Crippen molar-refractivity contribution >= 4 is 0 Å². The van der Waals surface area contributed by atoms with Crippen molar-refractivity contribution in [3.63, 3.8) is 0 Å². The van der Waals surface area contributed by atoms with Gasteiger partial charge in [-0.3, -0.25) is 0 Å². The van der Waals surface area contributed by atoms with Crippen LogP contribution in [0, 0.1) is 98.6 Å². The summed E-state index contributed by atoms with van der Waals surface area (Å²) in [5.74, 6) is 10.9. The highest BCUT2D eigenvalue weighted by atomic mass is 16.3. The lowest BCUT2D eigenvalue weighted by Crippen LogP contribution is -2.46. The minimum absolute atomic E-state index is 0.106. The molecule has 3 heteroatoms. The summed E-state index contributed by atoms with van der Waals surface area (Å²) >= 11 is 0. The minimum Gasteiger partial charge on any atom is -0.393 e. The van der Waals surface area contributed by atoms with Gasteiger partial charge < -0.3 is 15.3 Å². The zero-order chi connectivity index (χ0) is 60.7. The predicted molar refractivity (Wildman–Crippen MR) is 361 cm³/mol. The lowest BCUT2D eigenvalue weighted by molar-refractivity contribution is 0.0323. The number of aliphatic hydroxyl groups is 3. The minimum atomic E-state index is -0.172. The Balaban J connectivity index is 0.000000164. The van der Waals surface area contributed by atoms with Crippen molar-refractivity contribution in [3.8, 4) is 0 Å². The van der Waals surface area contributed by atoms with Crippen LogP contribution in [0.4, 0.5) is 0 Å². The van der Waals surface area contributed by atoms with E-state index in [1.807, 2.05) is 0 Å². The fourth-order valence-corrected chi connectivity index (χ4v) is 21.2. The van der Waals surface area contributed by atoms with E-state index in [1.165, 1.54) is 170 Å².